The summed E-state index contributed by atoms with van der Waals surface area (Å²) in [6.07, 6.45) is 0. The second kappa shape index (κ2) is 5.25. The van der Waals surface area contributed by atoms with Crippen LogP contribution in [0.15, 0.2) is 0 Å². The molecule has 0 aromatic carbocycles. The van der Waals surface area contributed by atoms with Crippen molar-refractivity contribution in [2.75, 3.05) is 19.6 Å². The van der Waals surface area contributed by atoms with Gasteiger partial charge in [-0.3, -0.25) is 19.3 Å². The minimum atomic E-state index is -1.15. The first-order chi connectivity index (χ1) is 8.69. The van der Waals surface area contributed by atoms with Crippen LogP contribution in [0.5, 0.6) is 0 Å². The fraction of sp³-hybridized carbons (Fsp3) is 0.636. The van der Waals surface area contributed by atoms with Crippen LogP contribution in [-0.4, -0.2) is 63.9 Å². The minimum absolute atomic E-state index is 0.193. The van der Waals surface area contributed by atoms with E-state index in [0.717, 1.165) is 9.80 Å². The quantitative estimate of drug-likeness (QED) is 0.640. The molecule has 8 nitrogen and oxygen atoms in total. The Morgan fingerprint density at radius 1 is 1.37 bits per heavy atom. The van der Waals surface area contributed by atoms with Crippen LogP contribution in [0.3, 0.4) is 0 Å². The summed E-state index contributed by atoms with van der Waals surface area (Å²) in [7, 11) is 0. The molecule has 0 unspecified atom stereocenters. The first-order valence-corrected chi connectivity index (χ1v) is 5.82. The number of carboxylic acids is 1. The molecule has 0 bridgehead atoms. The Kier molecular flexibility index (Phi) is 4.13. The highest BCUT2D eigenvalue weighted by Crippen LogP contribution is 2.16. The van der Waals surface area contributed by atoms with Crippen LogP contribution in [0.2, 0.25) is 0 Å². The summed E-state index contributed by atoms with van der Waals surface area (Å²) < 4.78 is 0. The normalized spacial score (nSPS) is 17.3. The van der Waals surface area contributed by atoms with Gasteiger partial charge in [-0.05, 0) is 20.8 Å². The Bertz CT molecular complexity index is 432. The number of hydrogen-bond donors (Lipinski definition) is 2. The maximum atomic E-state index is 11.9. The zero-order chi connectivity index (χ0) is 14.8. The molecule has 8 heteroatoms. The molecule has 0 atom stereocenters. The second-order valence-electron chi connectivity index (χ2n) is 4.75. The average molecular weight is 271 g/mol. The number of imide groups is 1. The summed E-state index contributed by atoms with van der Waals surface area (Å²) in [5.41, 5.74) is -1.04. The Labute approximate surface area is 110 Å². The van der Waals surface area contributed by atoms with Gasteiger partial charge in [0.2, 0.25) is 5.91 Å². The zero-order valence-electron chi connectivity index (χ0n) is 11.1. The summed E-state index contributed by atoms with van der Waals surface area (Å²) >= 11 is 0. The van der Waals surface area contributed by atoms with Crippen LogP contribution in [0.1, 0.15) is 20.8 Å². The van der Waals surface area contributed by atoms with Crippen molar-refractivity contribution in [3.63, 3.8) is 0 Å². The summed E-state index contributed by atoms with van der Waals surface area (Å²) in [6.45, 7) is 3.98. The van der Waals surface area contributed by atoms with Crippen LogP contribution in [0, 0.1) is 0 Å². The molecule has 4 amide bonds. The molecule has 2 N–H and O–H groups in total. The van der Waals surface area contributed by atoms with Crippen molar-refractivity contribution in [2.24, 2.45) is 0 Å². The van der Waals surface area contributed by atoms with E-state index in [1.54, 1.807) is 6.92 Å². The lowest BCUT2D eigenvalue weighted by molar-refractivity contribution is -0.145. The number of rotatable bonds is 5. The monoisotopic (exact) mass is 271 g/mol. The van der Waals surface area contributed by atoms with Gasteiger partial charge in [0.05, 0.1) is 0 Å². The van der Waals surface area contributed by atoms with Crippen LogP contribution in [0.25, 0.3) is 0 Å². The van der Waals surface area contributed by atoms with Gasteiger partial charge in [-0.15, -0.1) is 0 Å². The molecule has 0 saturated carbocycles. The van der Waals surface area contributed by atoms with Crippen molar-refractivity contribution in [2.45, 2.75) is 26.3 Å². The maximum Gasteiger partial charge on any atom is 0.325 e. The van der Waals surface area contributed by atoms with Gasteiger partial charge < -0.3 is 15.3 Å². The number of hydrogen-bond acceptors (Lipinski definition) is 4. The van der Waals surface area contributed by atoms with E-state index >= 15 is 0 Å². The van der Waals surface area contributed by atoms with Crippen LogP contribution in [0.4, 0.5) is 4.79 Å². The molecule has 19 heavy (non-hydrogen) atoms. The van der Waals surface area contributed by atoms with Crippen LogP contribution >= 0.6 is 0 Å². The largest absolute Gasteiger partial charge is 0.480 e. The van der Waals surface area contributed by atoms with Gasteiger partial charge in [0.25, 0.3) is 5.91 Å². The molecule has 1 aliphatic rings. The molecule has 1 saturated heterocycles. The number of carboxylic acid groups (broad SMARTS) is 1. The molecule has 0 aliphatic carbocycles. The van der Waals surface area contributed by atoms with Crippen molar-refractivity contribution in [1.82, 2.24) is 15.1 Å². The highest BCUT2D eigenvalue weighted by molar-refractivity contribution is 6.08. The molecule has 0 spiro atoms. The standard InChI is InChI=1S/C11H17N3O5/c1-4-13(6-8(16)17)7(15)5-14-9(18)11(2,3)12-10(14)19/h4-6H2,1-3H3,(H,12,19)(H,16,17). The Morgan fingerprint density at radius 3 is 2.32 bits per heavy atom. The van der Waals surface area contributed by atoms with Crippen molar-refractivity contribution in [3.05, 3.63) is 0 Å². The van der Waals surface area contributed by atoms with Crippen molar-refractivity contribution in [1.29, 1.82) is 0 Å². The SMILES string of the molecule is CCN(CC(=O)O)C(=O)CN1C(=O)NC(C)(C)C1=O. The topological polar surface area (TPSA) is 107 Å². The first kappa shape index (κ1) is 14.9. The van der Waals surface area contributed by atoms with Crippen LogP contribution in [-0.2, 0) is 14.4 Å². The molecule has 0 radical (unpaired) electrons. The van der Waals surface area contributed by atoms with E-state index in [4.69, 9.17) is 5.11 Å². The smallest absolute Gasteiger partial charge is 0.325 e. The van der Waals surface area contributed by atoms with E-state index in [9.17, 15) is 19.2 Å². The molecule has 106 valence electrons. The number of carbonyl (C=O) groups excluding carboxylic acids is 3. The van der Waals surface area contributed by atoms with Gasteiger partial charge in [0.15, 0.2) is 0 Å². The Hall–Kier alpha value is -2.12. The first-order valence-electron chi connectivity index (χ1n) is 5.82. The summed E-state index contributed by atoms with van der Waals surface area (Å²) in [5.74, 6) is -2.23. The molecule has 0 aromatic heterocycles. The molecular weight excluding hydrogens is 254 g/mol. The third kappa shape index (κ3) is 3.21. The van der Waals surface area contributed by atoms with Crippen LogP contribution < -0.4 is 5.32 Å². The number of urea groups is 1. The van der Waals surface area contributed by atoms with E-state index in [-0.39, 0.29) is 6.54 Å². The third-order valence-corrected chi connectivity index (χ3v) is 2.80. The summed E-state index contributed by atoms with van der Waals surface area (Å²) in [5, 5.41) is 11.1. The van der Waals surface area contributed by atoms with Gasteiger partial charge in [-0.25, -0.2) is 4.79 Å². The van der Waals surface area contributed by atoms with Gasteiger partial charge >= 0.3 is 12.0 Å². The van der Waals surface area contributed by atoms with E-state index in [1.165, 1.54) is 13.8 Å². The molecule has 1 fully saturated rings. The van der Waals surface area contributed by atoms with E-state index in [0.29, 0.717) is 0 Å². The highest BCUT2D eigenvalue weighted by Gasteiger charge is 2.45. The van der Waals surface area contributed by atoms with E-state index in [1.807, 2.05) is 0 Å². The fourth-order valence-electron chi connectivity index (χ4n) is 1.74. The molecule has 1 aliphatic heterocycles. The van der Waals surface area contributed by atoms with E-state index < -0.39 is 42.4 Å². The number of nitrogens with zero attached hydrogens (tertiary/aromatic N) is 2. The predicted molar refractivity (Wildman–Crippen MR) is 64.2 cm³/mol. The molecule has 1 rings (SSSR count). The number of likely N-dealkylation sites (N-methyl/N-ethyl adjacent to an activating group) is 1. The van der Waals surface area contributed by atoms with Crippen molar-refractivity contribution >= 4 is 23.8 Å². The number of carbonyl (C=O) groups is 4. The lowest BCUT2D eigenvalue weighted by Crippen LogP contribution is -2.45. The average Bonchev–Trinajstić information content (AvgIpc) is 2.48. The van der Waals surface area contributed by atoms with Crippen molar-refractivity contribution < 1.29 is 24.3 Å². The molecule has 1 heterocycles. The van der Waals surface area contributed by atoms with Gasteiger partial charge in [0, 0.05) is 6.54 Å². The lowest BCUT2D eigenvalue weighted by atomic mass is 10.1. The zero-order valence-corrected chi connectivity index (χ0v) is 11.1. The summed E-state index contributed by atoms with van der Waals surface area (Å²) in [4.78, 5) is 47.7. The maximum absolute atomic E-state index is 11.9. The molecular formula is C11H17N3O5. The number of nitrogens with one attached hydrogen (secondary N) is 1. The van der Waals surface area contributed by atoms with Gasteiger partial charge in [0.1, 0.15) is 18.6 Å². The van der Waals surface area contributed by atoms with E-state index in [2.05, 4.69) is 5.32 Å². The fourth-order valence-corrected chi connectivity index (χ4v) is 1.74. The van der Waals surface area contributed by atoms with Crippen molar-refractivity contribution in [3.8, 4) is 0 Å². The Balaban J connectivity index is 2.74. The number of amides is 4. The minimum Gasteiger partial charge on any atom is -0.480 e. The number of aliphatic carboxylic acids is 1. The highest BCUT2D eigenvalue weighted by atomic mass is 16.4. The van der Waals surface area contributed by atoms with Gasteiger partial charge in [-0.1, -0.05) is 0 Å². The Morgan fingerprint density at radius 2 is 1.95 bits per heavy atom. The van der Waals surface area contributed by atoms with Gasteiger partial charge in [-0.2, -0.15) is 0 Å². The second-order valence-corrected chi connectivity index (χ2v) is 4.75. The lowest BCUT2D eigenvalue weighted by Gasteiger charge is -2.21. The third-order valence-electron chi connectivity index (χ3n) is 2.80. The summed E-state index contributed by atoms with van der Waals surface area (Å²) in [6, 6.07) is -0.644. The molecule has 0 aromatic rings. The predicted octanol–water partition coefficient (Wildman–Crippen LogP) is -0.750.